The lowest BCUT2D eigenvalue weighted by atomic mass is 10.1. The van der Waals surface area contributed by atoms with E-state index in [0.29, 0.717) is 21.7 Å². The third kappa shape index (κ3) is 7.07. The molecule has 0 atom stereocenters. The van der Waals surface area contributed by atoms with Gasteiger partial charge in [0.1, 0.15) is 11.6 Å². The lowest BCUT2D eigenvalue weighted by Crippen LogP contribution is -2.44. The van der Waals surface area contributed by atoms with Crippen LogP contribution in [0.1, 0.15) is 25.8 Å². The van der Waals surface area contributed by atoms with Crippen molar-refractivity contribution in [3.8, 4) is 22.9 Å². The number of ether oxygens (including phenoxy) is 1. The number of hydrogen-bond donors (Lipinski definition) is 0. The quantitative estimate of drug-likeness (QED) is 0.338. The topological polar surface area (TPSA) is 44.7 Å². The summed E-state index contributed by atoms with van der Waals surface area (Å²) in [5.74, 6) is 2.15. The molecule has 1 saturated heterocycles. The summed E-state index contributed by atoms with van der Waals surface area (Å²) in [6.45, 7) is 11.2. The van der Waals surface area contributed by atoms with E-state index in [1.807, 2.05) is 30.3 Å². The molecule has 1 aliphatic heterocycles. The Balaban J connectivity index is 1.59. The molecule has 0 radical (unpaired) electrons. The average Bonchev–Trinajstić information content (AvgIpc) is 2.84. The van der Waals surface area contributed by atoms with Gasteiger partial charge in [-0.05, 0) is 68.5 Å². The second kappa shape index (κ2) is 12.0. The second-order valence-electron chi connectivity index (χ2n) is 8.97. The van der Waals surface area contributed by atoms with Gasteiger partial charge in [0.2, 0.25) is 5.88 Å². The average molecular weight is 515 g/mol. The number of rotatable bonds is 9. The summed E-state index contributed by atoms with van der Waals surface area (Å²) < 4.78 is 6.19. The van der Waals surface area contributed by atoms with Crippen LogP contribution in [-0.2, 0) is 6.54 Å². The van der Waals surface area contributed by atoms with E-state index < -0.39 is 0 Å². The maximum Gasteiger partial charge on any atom is 0.220 e. The van der Waals surface area contributed by atoms with Crippen molar-refractivity contribution in [1.29, 1.82) is 0 Å². The van der Waals surface area contributed by atoms with Gasteiger partial charge in [-0.25, -0.2) is 9.97 Å². The van der Waals surface area contributed by atoms with Crippen LogP contribution in [0.25, 0.3) is 11.3 Å². The van der Waals surface area contributed by atoms with Crippen molar-refractivity contribution in [3.63, 3.8) is 0 Å². The van der Waals surface area contributed by atoms with Gasteiger partial charge in [-0.15, -0.1) is 0 Å². The normalized spacial score (nSPS) is 14.5. The number of hydrogen-bond acceptors (Lipinski definition) is 6. The van der Waals surface area contributed by atoms with E-state index in [2.05, 4.69) is 46.6 Å². The second-order valence-corrected chi connectivity index (χ2v) is 9.84. The third-order valence-electron chi connectivity index (χ3n) is 6.18. The molecule has 4 rings (SSSR count). The van der Waals surface area contributed by atoms with E-state index in [0.717, 1.165) is 74.9 Å². The highest BCUT2D eigenvalue weighted by Gasteiger charge is 2.16. The summed E-state index contributed by atoms with van der Waals surface area (Å²) in [6.07, 6.45) is 2.87. The molecule has 0 unspecified atom stereocenters. The lowest BCUT2D eigenvalue weighted by Gasteiger charge is -2.33. The molecule has 0 spiro atoms. The van der Waals surface area contributed by atoms with Crippen molar-refractivity contribution in [2.24, 2.45) is 0 Å². The molecule has 1 aliphatic rings. The van der Waals surface area contributed by atoms with Gasteiger partial charge in [0.15, 0.2) is 0 Å². The minimum Gasteiger partial charge on any atom is -0.437 e. The van der Waals surface area contributed by atoms with Gasteiger partial charge >= 0.3 is 0 Å². The van der Waals surface area contributed by atoms with Gasteiger partial charge < -0.3 is 14.5 Å². The molecule has 0 bridgehead atoms. The van der Waals surface area contributed by atoms with Crippen molar-refractivity contribution in [1.82, 2.24) is 19.8 Å². The molecule has 35 heavy (non-hydrogen) atoms. The molecule has 0 aliphatic carbocycles. The van der Waals surface area contributed by atoms with Crippen LogP contribution in [-0.4, -0.2) is 66.1 Å². The van der Waals surface area contributed by atoms with Crippen LogP contribution >= 0.6 is 23.2 Å². The molecular weight excluding hydrogens is 481 g/mol. The van der Waals surface area contributed by atoms with E-state index in [4.69, 9.17) is 32.9 Å². The molecule has 0 saturated carbocycles. The van der Waals surface area contributed by atoms with Crippen LogP contribution in [0.4, 0.5) is 5.82 Å². The van der Waals surface area contributed by atoms with Gasteiger partial charge in [0.25, 0.3) is 0 Å². The fourth-order valence-electron chi connectivity index (χ4n) is 4.25. The monoisotopic (exact) mass is 513 g/mol. The van der Waals surface area contributed by atoms with Crippen LogP contribution in [0.2, 0.25) is 10.0 Å². The molecule has 0 amide bonds. The first-order valence-corrected chi connectivity index (χ1v) is 13.0. The van der Waals surface area contributed by atoms with Crippen LogP contribution in [0.5, 0.6) is 11.6 Å². The van der Waals surface area contributed by atoms with Crippen LogP contribution in [0, 0.1) is 0 Å². The Morgan fingerprint density at radius 3 is 2.34 bits per heavy atom. The predicted octanol–water partition coefficient (Wildman–Crippen LogP) is 6.23. The highest BCUT2D eigenvalue weighted by atomic mass is 35.5. The summed E-state index contributed by atoms with van der Waals surface area (Å²) in [5.41, 5.74) is 2.76. The zero-order chi connectivity index (χ0) is 24.8. The Hall–Kier alpha value is -2.38. The summed E-state index contributed by atoms with van der Waals surface area (Å²) in [6, 6.07) is 13.5. The first-order chi connectivity index (χ1) is 16.9. The highest BCUT2D eigenvalue weighted by molar-refractivity contribution is 6.35. The number of anilines is 1. The van der Waals surface area contributed by atoms with Gasteiger partial charge in [-0.1, -0.05) is 37.0 Å². The number of likely N-dealkylation sites (N-methyl/N-ethyl adjacent to an activating group) is 1. The summed E-state index contributed by atoms with van der Waals surface area (Å²) in [4.78, 5) is 16.5. The zero-order valence-corrected chi connectivity index (χ0v) is 22.2. The van der Waals surface area contributed by atoms with Crippen molar-refractivity contribution >= 4 is 29.0 Å². The van der Waals surface area contributed by atoms with Gasteiger partial charge in [0, 0.05) is 54.4 Å². The Kier molecular flexibility index (Phi) is 8.84. The molecule has 8 heteroatoms. The Bertz CT molecular complexity index is 1100. The fraction of sp³-hybridized carbons (Fsp3) is 0.407. The smallest absolute Gasteiger partial charge is 0.220 e. The number of nitrogens with zero attached hydrogens (tertiary/aromatic N) is 5. The van der Waals surface area contributed by atoms with Gasteiger partial charge in [0.05, 0.1) is 11.9 Å². The Labute approximate surface area is 218 Å². The Morgan fingerprint density at radius 1 is 0.971 bits per heavy atom. The van der Waals surface area contributed by atoms with Gasteiger partial charge in [-0.3, -0.25) is 4.90 Å². The molecule has 3 heterocycles. The maximum atomic E-state index is 6.28. The molecule has 186 valence electrons. The first-order valence-electron chi connectivity index (χ1n) is 12.2. The molecule has 0 N–H and O–H groups in total. The third-order valence-corrected chi connectivity index (χ3v) is 6.62. The first kappa shape index (κ1) is 25.7. The van der Waals surface area contributed by atoms with Crippen molar-refractivity contribution in [2.45, 2.75) is 26.8 Å². The molecular formula is C27H33Cl2N5O. The number of halogens is 2. The molecule has 6 nitrogen and oxygen atoms in total. The number of benzene rings is 1. The zero-order valence-electron chi connectivity index (χ0n) is 20.7. The fourth-order valence-corrected chi connectivity index (χ4v) is 4.78. The van der Waals surface area contributed by atoms with E-state index >= 15 is 0 Å². The van der Waals surface area contributed by atoms with Crippen LogP contribution in [0.15, 0.2) is 48.7 Å². The van der Waals surface area contributed by atoms with E-state index in [1.165, 1.54) is 0 Å². The predicted molar refractivity (Wildman–Crippen MR) is 145 cm³/mol. The molecule has 3 aromatic rings. The molecule has 1 aromatic carbocycles. The SMILES string of the molecule is CCCN(CC)Cc1cc(Oc2ccc(N3CCN(C)CC3)nc2)nc(-c2cc(Cl)cc(Cl)c2)c1. The van der Waals surface area contributed by atoms with E-state index in [-0.39, 0.29) is 0 Å². The highest BCUT2D eigenvalue weighted by Crippen LogP contribution is 2.30. The summed E-state index contributed by atoms with van der Waals surface area (Å²) in [5, 5.41) is 1.15. The van der Waals surface area contributed by atoms with Crippen LogP contribution < -0.4 is 9.64 Å². The van der Waals surface area contributed by atoms with E-state index in [1.54, 1.807) is 12.3 Å². The molecule has 2 aromatic heterocycles. The van der Waals surface area contributed by atoms with Gasteiger partial charge in [-0.2, -0.15) is 0 Å². The van der Waals surface area contributed by atoms with Crippen molar-refractivity contribution in [3.05, 3.63) is 64.3 Å². The van der Waals surface area contributed by atoms with Crippen molar-refractivity contribution in [2.75, 3.05) is 51.2 Å². The molecule has 1 fully saturated rings. The number of pyridine rings is 2. The minimum absolute atomic E-state index is 0.523. The maximum absolute atomic E-state index is 6.28. The lowest BCUT2D eigenvalue weighted by molar-refractivity contribution is 0.280. The standard InChI is InChI=1S/C27H33Cl2N5O/c1-4-8-33(5-2)19-20-13-25(21-15-22(28)17-23(29)16-21)31-27(14-20)35-24-6-7-26(30-18-24)34-11-9-32(3)10-12-34/h6-7,13-18H,4-5,8-12,19H2,1-3H3. The summed E-state index contributed by atoms with van der Waals surface area (Å²) >= 11 is 12.6. The van der Waals surface area contributed by atoms with Crippen LogP contribution in [0.3, 0.4) is 0 Å². The van der Waals surface area contributed by atoms with E-state index in [9.17, 15) is 0 Å². The summed E-state index contributed by atoms with van der Waals surface area (Å²) in [7, 11) is 2.15. The minimum atomic E-state index is 0.523. The number of aromatic nitrogens is 2. The number of piperazine rings is 1. The largest absolute Gasteiger partial charge is 0.437 e. The Morgan fingerprint density at radius 2 is 1.71 bits per heavy atom. The van der Waals surface area contributed by atoms with Crippen molar-refractivity contribution < 1.29 is 4.74 Å².